The molecule has 1 fully saturated rings. The standard InChI is InChI=1S/C17H28N2/c1-3-12-18-17(15-9-10-15)7-5-6-16-11-8-14(4-2)13-19-16/h8,11,13,15,17-18H,3-7,9-10,12H2,1-2H3. The first-order chi connectivity index (χ1) is 9.33. The summed E-state index contributed by atoms with van der Waals surface area (Å²) in [5.74, 6) is 0.960. The molecule has 1 aromatic heterocycles. The Morgan fingerprint density at radius 2 is 2.16 bits per heavy atom. The molecule has 0 amide bonds. The van der Waals surface area contributed by atoms with E-state index in [9.17, 15) is 0 Å². The molecular weight excluding hydrogens is 232 g/mol. The van der Waals surface area contributed by atoms with Crippen LogP contribution in [0.3, 0.4) is 0 Å². The predicted octanol–water partition coefficient (Wildman–Crippen LogP) is 3.74. The number of hydrogen-bond acceptors (Lipinski definition) is 2. The van der Waals surface area contributed by atoms with E-state index < -0.39 is 0 Å². The van der Waals surface area contributed by atoms with E-state index in [-0.39, 0.29) is 0 Å². The summed E-state index contributed by atoms with van der Waals surface area (Å²) in [6.45, 7) is 5.59. The van der Waals surface area contributed by atoms with E-state index in [4.69, 9.17) is 0 Å². The molecule has 0 aliphatic heterocycles. The fraction of sp³-hybridized carbons (Fsp3) is 0.706. The fourth-order valence-electron chi connectivity index (χ4n) is 2.65. The maximum Gasteiger partial charge on any atom is 0.0403 e. The smallest absolute Gasteiger partial charge is 0.0403 e. The summed E-state index contributed by atoms with van der Waals surface area (Å²) >= 11 is 0. The second kappa shape index (κ2) is 7.64. The van der Waals surface area contributed by atoms with E-state index in [0.717, 1.165) is 24.8 Å². The molecule has 1 unspecified atom stereocenters. The molecule has 1 N–H and O–H groups in total. The summed E-state index contributed by atoms with van der Waals surface area (Å²) in [5.41, 5.74) is 2.59. The van der Waals surface area contributed by atoms with Crippen LogP contribution in [0.1, 0.15) is 57.2 Å². The topological polar surface area (TPSA) is 24.9 Å². The summed E-state index contributed by atoms with van der Waals surface area (Å²) in [7, 11) is 0. The zero-order valence-corrected chi connectivity index (χ0v) is 12.5. The first-order valence-electron chi connectivity index (χ1n) is 8.00. The average Bonchev–Trinajstić information content (AvgIpc) is 3.28. The Hall–Kier alpha value is -0.890. The Morgan fingerprint density at radius 3 is 2.74 bits per heavy atom. The van der Waals surface area contributed by atoms with Gasteiger partial charge in [0.05, 0.1) is 0 Å². The molecule has 1 saturated carbocycles. The van der Waals surface area contributed by atoms with Crippen LogP contribution in [0.2, 0.25) is 0 Å². The summed E-state index contributed by atoms with van der Waals surface area (Å²) in [4.78, 5) is 4.55. The molecule has 2 nitrogen and oxygen atoms in total. The van der Waals surface area contributed by atoms with Crippen molar-refractivity contribution in [1.82, 2.24) is 10.3 Å². The minimum absolute atomic E-state index is 0.759. The Kier molecular flexibility index (Phi) is 5.84. The van der Waals surface area contributed by atoms with E-state index in [1.54, 1.807) is 0 Å². The predicted molar refractivity (Wildman–Crippen MR) is 81.4 cm³/mol. The lowest BCUT2D eigenvalue weighted by Gasteiger charge is -2.17. The molecule has 1 aliphatic carbocycles. The number of aryl methyl sites for hydroxylation is 2. The van der Waals surface area contributed by atoms with Crippen LogP contribution in [0.25, 0.3) is 0 Å². The van der Waals surface area contributed by atoms with Gasteiger partial charge in [0.15, 0.2) is 0 Å². The molecule has 1 atom stereocenters. The van der Waals surface area contributed by atoms with E-state index in [1.807, 2.05) is 6.20 Å². The van der Waals surface area contributed by atoms with Crippen molar-refractivity contribution < 1.29 is 0 Å². The monoisotopic (exact) mass is 260 g/mol. The molecule has 2 heteroatoms. The van der Waals surface area contributed by atoms with Crippen molar-refractivity contribution >= 4 is 0 Å². The second-order valence-corrected chi connectivity index (χ2v) is 5.80. The number of nitrogens with one attached hydrogen (secondary N) is 1. The minimum atomic E-state index is 0.759. The van der Waals surface area contributed by atoms with Gasteiger partial charge in [0.25, 0.3) is 0 Å². The SMILES string of the molecule is CCCNC(CCCc1ccc(CC)cn1)C1CC1. The normalized spacial score (nSPS) is 16.5. The van der Waals surface area contributed by atoms with Crippen molar-refractivity contribution in [1.29, 1.82) is 0 Å². The molecule has 106 valence electrons. The second-order valence-electron chi connectivity index (χ2n) is 5.80. The highest BCUT2D eigenvalue weighted by atomic mass is 14.9. The average molecular weight is 260 g/mol. The molecule has 1 heterocycles. The van der Waals surface area contributed by atoms with Crippen LogP contribution < -0.4 is 5.32 Å². The maximum absolute atomic E-state index is 4.55. The van der Waals surface area contributed by atoms with Crippen molar-refractivity contribution in [2.45, 2.75) is 64.8 Å². The third kappa shape index (κ3) is 4.94. The van der Waals surface area contributed by atoms with Crippen molar-refractivity contribution in [2.24, 2.45) is 5.92 Å². The van der Waals surface area contributed by atoms with Crippen LogP contribution in [-0.2, 0) is 12.8 Å². The lowest BCUT2D eigenvalue weighted by molar-refractivity contribution is 0.424. The van der Waals surface area contributed by atoms with Crippen LogP contribution in [-0.4, -0.2) is 17.6 Å². The van der Waals surface area contributed by atoms with Gasteiger partial charge >= 0.3 is 0 Å². The molecule has 1 aromatic rings. The van der Waals surface area contributed by atoms with Crippen molar-refractivity contribution in [3.05, 3.63) is 29.6 Å². The lowest BCUT2D eigenvalue weighted by atomic mass is 10.0. The number of hydrogen-bond donors (Lipinski definition) is 1. The molecule has 0 spiro atoms. The number of aromatic nitrogens is 1. The van der Waals surface area contributed by atoms with Crippen LogP contribution in [0.4, 0.5) is 0 Å². The van der Waals surface area contributed by atoms with Crippen LogP contribution >= 0.6 is 0 Å². The van der Waals surface area contributed by atoms with E-state index in [1.165, 1.54) is 49.9 Å². The zero-order chi connectivity index (χ0) is 13.5. The Bertz CT molecular complexity index is 354. The Morgan fingerprint density at radius 1 is 1.32 bits per heavy atom. The molecule has 1 aliphatic rings. The molecule has 19 heavy (non-hydrogen) atoms. The minimum Gasteiger partial charge on any atom is -0.314 e. The van der Waals surface area contributed by atoms with Crippen molar-refractivity contribution in [2.75, 3.05) is 6.54 Å². The van der Waals surface area contributed by atoms with E-state index in [2.05, 4.69) is 36.3 Å². The summed E-state index contributed by atoms with van der Waals surface area (Å²) < 4.78 is 0. The third-order valence-corrected chi connectivity index (χ3v) is 4.09. The summed E-state index contributed by atoms with van der Waals surface area (Å²) in [6, 6.07) is 5.18. The van der Waals surface area contributed by atoms with Gasteiger partial charge in [0.2, 0.25) is 0 Å². The van der Waals surface area contributed by atoms with Gasteiger partial charge < -0.3 is 5.32 Å². The van der Waals surface area contributed by atoms with E-state index >= 15 is 0 Å². The van der Waals surface area contributed by atoms with Gasteiger partial charge in [-0.3, -0.25) is 4.98 Å². The highest BCUT2D eigenvalue weighted by molar-refractivity contribution is 5.13. The molecule has 2 rings (SSSR count). The van der Waals surface area contributed by atoms with Gasteiger partial charge in [0, 0.05) is 17.9 Å². The van der Waals surface area contributed by atoms with E-state index in [0.29, 0.717) is 0 Å². The highest BCUT2D eigenvalue weighted by Crippen LogP contribution is 2.34. The highest BCUT2D eigenvalue weighted by Gasteiger charge is 2.29. The van der Waals surface area contributed by atoms with Gasteiger partial charge in [-0.2, -0.15) is 0 Å². The molecular formula is C17H28N2. The van der Waals surface area contributed by atoms with Crippen LogP contribution in [0, 0.1) is 5.92 Å². The van der Waals surface area contributed by atoms with Gasteiger partial charge in [-0.1, -0.05) is 19.9 Å². The van der Waals surface area contributed by atoms with Crippen LogP contribution in [0.5, 0.6) is 0 Å². The largest absolute Gasteiger partial charge is 0.314 e. The summed E-state index contributed by atoms with van der Waals surface area (Å²) in [5, 5.41) is 3.72. The van der Waals surface area contributed by atoms with Gasteiger partial charge in [-0.05, 0) is 69.0 Å². The van der Waals surface area contributed by atoms with Gasteiger partial charge in [-0.25, -0.2) is 0 Å². The molecule has 0 radical (unpaired) electrons. The van der Waals surface area contributed by atoms with Crippen molar-refractivity contribution in [3.8, 4) is 0 Å². The molecule has 0 aromatic carbocycles. The molecule has 0 bridgehead atoms. The van der Waals surface area contributed by atoms with Gasteiger partial charge in [0.1, 0.15) is 0 Å². The Labute approximate surface area is 118 Å². The third-order valence-electron chi connectivity index (χ3n) is 4.09. The van der Waals surface area contributed by atoms with Gasteiger partial charge in [-0.15, -0.1) is 0 Å². The zero-order valence-electron chi connectivity index (χ0n) is 12.5. The fourth-order valence-corrected chi connectivity index (χ4v) is 2.65. The summed E-state index contributed by atoms with van der Waals surface area (Å²) in [6.07, 6.45) is 10.9. The molecule has 0 saturated heterocycles. The van der Waals surface area contributed by atoms with Crippen LogP contribution in [0.15, 0.2) is 18.3 Å². The number of pyridine rings is 1. The maximum atomic E-state index is 4.55. The number of nitrogens with zero attached hydrogens (tertiary/aromatic N) is 1. The quantitative estimate of drug-likeness (QED) is 0.731. The first-order valence-corrected chi connectivity index (χ1v) is 8.00. The van der Waals surface area contributed by atoms with Crippen molar-refractivity contribution in [3.63, 3.8) is 0 Å². The first kappa shape index (κ1) is 14.5. The lowest BCUT2D eigenvalue weighted by Crippen LogP contribution is -2.31. The Balaban J connectivity index is 1.71. The number of rotatable bonds is 9.